The van der Waals surface area contributed by atoms with Gasteiger partial charge in [-0.25, -0.2) is 0 Å². The van der Waals surface area contributed by atoms with E-state index in [1.165, 1.54) is 0 Å². The van der Waals surface area contributed by atoms with Crippen molar-refractivity contribution in [3.8, 4) is 5.75 Å². The molecule has 2 aromatic rings. The monoisotopic (exact) mass is 314 g/mol. The fourth-order valence-electron chi connectivity index (χ4n) is 2.84. The lowest BCUT2D eigenvalue weighted by molar-refractivity contribution is 0.0945. The van der Waals surface area contributed by atoms with Crippen LogP contribution in [0.5, 0.6) is 5.75 Å². The topological polar surface area (TPSA) is 79.9 Å². The van der Waals surface area contributed by atoms with Crippen LogP contribution in [0.3, 0.4) is 0 Å². The zero-order valence-electron chi connectivity index (χ0n) is 13.3. The molecule has 1 aliphatic rings. The van der Waals surface area contributed by atoms with E-state index in [-0.39, 0.29) is 5.91 Å². The molecule has 1 unspecified atom stereocenters. The van der Waals surface area contributed by atoms with Crippen molar-refractivity contribution in [3.63, 3.8) is 0 Å². The van der Waals surface area contributed by atoms with E-state index in [2.05, 4.69) is 27.4 Å². The average molecular weight is 314 g/mol. The minimum atomic E-state index is -0.0991. The Bertz CT molecular complexity index is 654. The van der Waals surface area contributed by atoms with Gasteiger partial charge in [0.15, 0.2) is 5.69 Å². The first-order valence-electron chi connectivity index (χ1n) is 8.11. The van der Waals surface area contributed by atoms with Crippen molar-refractivity contribution in [2.75, 3.05) is 13.2 Å². The second-order valence-electron chi connectivity index (χ2n) is 6.02. The number of rotatable bonds is 6. The third-order valence-electron chi connectivity index (χ3n) is 4.12. The van der Waals surface area contributed by atoms with Crippen molar-refractivity contribution < 1.29 is 9.53 Å². The van der Waals surface area contributed by atoms with Crippen LogP contribution in [0.4, 0.5) is 0 Å². The molecule has 1 aliphatic carbocycles. The van der Waals surface area contributed by atoms with Crippen LogP contribution in [-0.4, -0.2) is 34.2 Å². The number of aryl methyl sites for hydroxylation is 1. The van der Waals surface area contributed by atoms with Crippen LogP contribution in [-0.2, 0) is 12.8 Å². The van der Waals surface area contributed by atoms with Gasteiger partial charge in [-0.1, -0.05) is 6.92 Å². The Balaban J connectivity index is 1.44. The Morgan fingerprint density at radius 1 is 1.52 bits per heavy atom. The minimum Gasteiger partial charge on any atom is -0.492 e. The van der Waals surface area contributed by atoms with Crippen molar-refractivity contribution >= 4 is 5.91 Å². The summed E-state index contributed by atoms with van der Waals surface area (Å²) in [6.45, 7) is 3.32. The third-order valence-corrected chi connectivity index (χ3v) is 4.12. The molecule has 0 saturated carbocycles. The minimum absolute atomic E-state index is 0.0991. The summed E-state index contributed by atoms with van der Waals surface area (Å²) in [7, 11) is 0. The zero-order chi connectivity index (χ0) is 16.1. The van der Waals surface area contributed by atoms with Gasteiger partial charge in [0.25, 0.3) is 5.91 Å². The Hall–Kier alpha value is -2.37. The molecule has 3 rings (SSSR count). The summed E-state index contributed by atoms with van der Waals surface area (Å²) >= 11 is 0. The Morgan fingerprint density at radius 2 is 2.43 bits per heavy atom. The van der Waals surface area contributed by atoms with Crippen molar-refractivity contribution in [2.45, 2.75) is 32.6 Å². The normalized spacial score (nSPS) is 16.7. The predicted octanol–water partition coefficient (Wildman–Crippen LogP) is 2.13. The number of ether oxygens (including phenoxy) is 1. The largest absolute Gasteiger partial charge is 0.492 e. The third kappa shape index (κ3) is 3.88. The number of aromatic amines is 1. The lowest BCUT2D eigenvalue weighted by Gasteiger charge is -2.17. The molecule has 0 spiro atoms. The van der Waals surface area contributed by atoms with Crippen LogP contribution in [0.1, 0.15) is 41.5 Å². The van der Waals surface area contributed by atoms with E-state index in [1.807, 2.05) is 12.1 Å². The molecule has 0 bridgehead atoms. The van der Waals surface area contributed by atoms with Crippen molar-refractivity contribution in [1.82, 2.24) is 20.5 Å². The maximum absolute atomic E-state index is 12.3. The molecule has 1 atom stereocenters. The number of pyridine rings is 1. The van der Waals surface area contributed by atoms with E-state index in [0.717, 1.165) is 42.7 Å². The molecule has 0 fully saturated rings. The fraction of sp³-hybridized carbons (Fsp3) is 0.471. The molecule has 1 amide bonds. The van der Waals surface area contributed by atoms with Gasteiger partial charge < -0.3 is 10.1 Å². The Morgan fingerprint density at radius 3 is 3.26 bits per heavy atom. The van der Waals surface area contributed by atoms with Gasteiger partial charge in [-0.3, -0.25) is 14.9 Å². The van der Waals surface area contributed by atoms with Gasteiger partial charge >= 0.3 is 0 Å². The summed E-state index contributed by atoms with van der Waals surface area (Å²) < 4.78 is 5.55. The molecule has 2 N–H and O–H groups in total. The molecule has 6 nitrogen and oxygen atoms in total. The van der Waals surface area contributed by atoms with Crippen molar-refractivity contribution in [1.29, 1.82) is 0 Å². The van der Waals surface area contributed by atoms with E-state index in [9.17, 15) is 4.79 Å². The second kappa shape index (κ2) is 7.26. The quantitative estimate of drug-likeness (QED) is 0.801. The highest BCUT2D eigenvalue weighted by atomic mass is 16.5. The molecule has 23 heavy (non-hydrogen) atoms. The van der Waals surface area contributed by atoms with Gasteiger partial charge in [-0.2, -0.15) is 5.10 Å². The molecule has 6 heteroatoms. The van der Waals surface area contributed by atoms with E-state index < -0.39 is 0 Å². The van der Waals surface area contributed by atoms with E-state index in [4.69, 9.17) is 4.74 Å². The molecule has 0 saturated heterocycles. The predicted molar refractivity (Wildman–Crippen MR) is 86.5 cm³/mol. The lowest BCUT2D eigenvalue weighted by atomic mass is 9.87. The highest BCUT2D eigenvalue weighted by Crippen LogP contribution is 2.25. The van der Waals surface area contributed by atoms with Gasteiger partial charge in [0, 0.05) is 24.0 Å². The Kier molecular flexibility index (Phi) is 4.90. The number of amides is 1. The first-order chi connectivity index (χ1) is 11.2. The lowest BCUT2D eigenvalue weighted by Crippen LogP contribution is -2.27. The summed E-state index contributed by atoms with van der Waals surface area (Å²) in [5, 5.41) is 10.1. The van der Waals surface area contributed by atoms with Gasteiger partial charge in [-0.05, 0) is 43.7 Å². The molecule has 122 valence electrons. The average Bonchev–Trinajstić information content (AvgIpc) is 2.98. The van der Waals surface area contributed by atoms with Crippen LogP contribution in [0, 0.1) is 5.92 Å². The summed E-state index contributed by atoms with van der Waals surface area (Å²) in [6.07, 6.45) is 7.19. The van der Waals surface area contributed by atoms with Gasteiger partial charge in [0.1, 0.15) is 5.75 Å². The Labute approximate surface area is 135 Å². The zero-order valence-corrected chi connectivity index (χ0v) is 13.3. The number of aromatic nitrogens is 3. The molecule has 0 aliphatic heterocycles. The van der Waals surface area contributed by atoms with Crippen molar-refractivity contribution in [3.05, 3.63) is 41.5 Å². The maximum Gasteiger partial charge on any atom is 0.272 e. The summed E-state index contributed by atoms with van der Waals surface area (Å²) in [4.78, 5) is 16.3. The number of nitrogens with one attached hydrogen (secondary N) is 2. The number of hydrogen-bond donors (Lipinski definition) is 2. The maximum atomic E-state index is 12.3. The number of carbonyl (C=O) groups excluding carboxylic acids is 1. The number of fused-ring (bicyclic) bond motifs is 1. The van der Waals surface area contributed by atoms with Gasteiger partial charge in [0.2, 0.25) is 0 Å². The van der Waals surface area contributed by atoms with Crippen LogP contribution < -0.4 is 10.1 Å². The SMILES string of the molecule is CC1CCc2[nH]nc(C(=O)NCCCOc3cccnc3)c2C1. The van der Waals surface area contributed by atoms with E-state index in [1.54, 1.807) is 12.4 Å². The van der Waals surface area contributed by atoms with E-state index in [0.29, 0.717) is 24.8 Å². The number of H-pyrrole nitrogens is 1. The fourth-order valence-corrected chi connectivity index (χ4v) is 2.84. The highest BCUT2D eigenvalue weighted by Gasteiger charge is 2.24. The standard InChI is InChI=1S/C17H22N4O2/c1-12-5-6-15-14(10-12)16(21-20-15)17(22)19-8-3-9-23-13-4-2-7-18-11-13/h2,4,7,11-12H,3,5-6,8-10H2,1H3,(H,19,22)(H,20,21). The second-order valence-corrected chi connectivity index (χ2v) is 6.02. The number of carbonyl (C=O) groups is 1. The van der Waals surface area contributed by atoms with Gasteiger partial charge in [-0.15, -0.1) is 0 Å². The van der Waals surface area contributed by atoms with Crippen LogP contribution in [0.2, 0.25) is 0 Å². The van der Waals surface area contributed by atoms with Gasteiger partial charge in [0.05, 0.1) is 12.8 Å². The summed E-state index contributed by atoms with van der Waals surface area (Å²) in [5.74, 6) is 1.26. The molecule has 2 aromatic heterocycles. The first-order valence-corrected chi connectivity index (χ1v) is 8.11. The number of nitrogens with zero attached hydrogens (tertiary/aromatic N) is 2. The number of hydrogen-bond acceptors (Lipinski definition) is 4. The molecular weight excluding hydrogens is 292 g/mol. The van der Waals surface area contributed by atoms with Crippen molar-refractivity contribution in [2.24, 2.45) is 5.92 Å². The summed E-state index contributed by atoms with van der Waals surface area (Å²) in [6, 6.07) is 3.70. The first kappa shape index (κ1) is 15.5. The molecular formula is C17H22N4O2. The van der Waals surface area contributed by atoms with E-state index >= 15 is 0 Å². The smallest absolute Gasteiger partial charge is 0.272 e. The molecule has 2 heterocycles. The molecule has 0 aromatic carbocycles. The van der Waals surface area contributed by atoms with Crippen LogP contribution in [0.25, 0.3) is 0 Å². The van der Waals surface area contributed by atoms with Crippen LogP contribution in [0.15, 0.2) is 24.5 Å². The van der Waals surface area contributed by atoms with Crippen LogP contribution >= 0.6 is 0 Å². The highest BCUT2D eigenvalue weighted by molar-refractivity contribution is 5.94. The molecule has 0 radical (unpaired) electrons. The summed E-state index contributed by atoms with van der Waals surface area (Å²) in [5.41, 5.74) is 2.76.